The number of nitrogens with zero attached hydrogens (tertiary/aromatic N) is 2. The average Bonchev–Trinajstić information content (AvgIpc) is 3.05. The van der Waals surface area contributed by atoms with E-state index >= 15 is 0 Å². The third-order valence-corrected chi connectivity index (χ3v) is 4.67. The molecular formula is C21H25N5O2. The van der Waals surface area contributed by atoms with E-state index in [-0.39, 0.29) is 18.0 Å². The average molecular weight is 379 g/mol. The minimum atomic E-state index is -0.318. The van der Waals surface area contributed by atoms with Crippen LogP contribution >= 0.6 is 0 Å². The summed E-state index contributed by atoms with van der Waals surface area (Å²) >= 11 is 0. The predicted molar refractivity (Wildman–Crippen MR) is 109 cm³/mol. The molecule has 7 heteroatoms. The number of allylic oxidation sites excluding steroid dienone is 2. The minimum absolute atomic E-state index is 0.239. The van der Waals surface area contributed by atoms with Crippen LogP contribution in [0.2, 0.25) is 0 Å². The molecule has 1 aliphatic rings. The van der Waals surface area contributed by atoms with Crippen molar-refractivity contribution in [3.05, 3.63) is 70.2 Å². The molecule has 1 aromatic heterocycles. The molecule has 3 N–H and O–H groups in total. The second kappa shape index (κ2) is 7.72. The van der Waals surface area contributed by atoms with Gasteiger partial charge in [0.25, 0.3) is 11.8 Å². The van der Waals surface area contributed by atoms with Gasteiger partial charge in [-0.2, -0.15) is 5.10 Å². The van der Waals surface area contributed by atoms with Gasteiger partial charge in [0.15, 0.2) is 0 Å². The van der Waals surface area contributed by atoms with Crippen molar-refractivity contribution in [2.75, 3.05) is 12.4 Å². The Hall–Kier alpha value is -3.35. The van der Waals surface area contributed by atoms with Crippen LogP contribution in [0.1, 0.15) is 50.8 Å². The summed E-state index contributed by atoms with van der Waals surface area (Å²) in [5.74, 6) is -0.563. The highest BCUT2D eigenvalue weighted by molar-refractivity contribution is 6.09. The van der Waals surface area contributed by atoms with Gasteiger partial charge in [-0.3, -0.25) is 9.59 Å². The molecule has 0 radical (unpaired) electrons. The van der Waals surface area contributed by atoms with Crippen LogP contribution in [0.4, 0.5) is 5.69 Å². The van der Waals surface area contributed by atoms with Gasteiger partial charge in [0, 0.05) is 7.05 Å². The first kappa shape index (κ1) is 19.4. The zero-order chi connectivity index (χ0) is 20.4. The van der Waals surface area contributed by atoms with E-state index in [9.17, 15) is 9.59 Å². The van der Waals surface area contributed by atoms with Crippen LogP contribution in [-0.2, 0) is 0 Å². The van der Waals surface area contributed by atoms with Crippen molar-refractivity contribution < 1.29 is 9.59 Å². The fourth-order valence-corrected chi connectivity index (χ4v) is 3.34. The maximum atomic E-state index is 13.1. The zero-order valence-corrected chi connectivity index (χ0v) is 16.8. The summed E-state index contributed by atoms with van der Waals surface area (Å²) in [6.07, 6.45) is 5.47. The standard InChI is InChI=1S/C21H25N5O2/c1-12-9-14(3)18(16(10-12)20(27)22-5)24-21(28)17-11-15(4)25-26(17)19-13(2)7-6-8-23-19/h6-11,19,23H,1-5H3,(H,22,27)(H,24,28). The molecule has 0 saturated heterocycles. The summed E-state index contributed by atoms with van der Waals surface area (Å²) in [4.78, 5) is 25.4. The van der Waals surface area contributed by atoms with Crippen molar-refractivity contribution in [1.29, 1.82) is 0 Å². The predicted octanol–water partition coefficient (Wildman–Crippen LogP) is 2.98. The summed E-state index contributed by atoms with van der Waals surface area (Å²) in [6.45, 7) is 7.62. The fraction of sp³-hybridized carbons (Fsp3) is 0.286. The number of amides is 2. The van der Waals surface area contributed by atoms with Crippen molar-refractivity contribution in [3.8, 4) is 0 Å². The van der Waals surface area contributed by atoms with E-state index < -0.39 is 0 Å². The van der Waals surface area contributed by atoms with E-state index in [0.29, 0.717) is 16.9 Å². The van der Waals surface area contributed by atoms with Gasteiger partial charge in [0.1, 0.15) is 11.9 Å². The molecule has 2 aromatic rings. The quantitative estimate of drug-likeness (QED) is 0.762. The number of anilines is 1. The first-order valence-electron chi connectivity index (χ1n) is 9.12. The number of hydrogen-bond donors (Lipinski definition) is 3. The Labute approximate surface area is 164 Å². The topological polar surface area (TPSA) is 88.1 Å². The number of aryl methyl sites for hydroxylation is 3. The molecule has 0 bridgehead atoms. The molecule has 7 nitrogen and oxygen atoms in total. The second-order valence-corrected chi connectivity index (χ2v) is 6.99. The zero-order valence-electron chi connectivity index (χ0n) is 16.8. The van der Waals surface area contributed by atoms with Gasteiger partial charge in [-0.25, -0.2) is 4.68 Å². The van der Waals surface area contributed by atoms with E-state index in [1.807, 2.05) is 52.1 Å². The molecule has 1 aliphatic heterocycles. The molecule has 3 rings (SSSR count). The number of dihydropyridines is 1. The maximum Gasteiger partial charge on any atom is 0.274 e. The van der Waals surface area contributed by atoms with E-state index in [4.69, 9.17) is 0 Å². The lowest BCUT2D eigenvalue weighted by Gasteiger charge is -2.23. The summed E-state index contributed by atoms with van der Waals surface area (Å²) in [7, 11) is 1.57. The van der Waals surface area contributed by atoms with Crippen LogP contribution in [0, 0.1) is 20.8 Å². The highest BCUT2D eigenvalue weighted by Gasteiger charge is 2.24. The Bertz CT molecular complexity index is 1000. The van der Waals surface area contributed by atoms with Gasteiger partial charge in [0.05, 0.1) is 16.9 Å². The highest BCUT2D eigenvalue weighted by Crippen LogP contribution is 2.25. The van der Waals surface area contributed by atoms with Gasteiger partial charge in [0.2, 0.25) is 0 Å². The summed E-state index contributed by atoms with van der Waals surface area (Å²) in [5.41, 5.74) is 4.91. The van der Waals surface area contributed by atoms with Crippen molar-refractivity contribution in [1.82, 2.24) is 20.4 Å². The third-order valence-electron chi connectivity index (χ3n) is 4.67. The van der Waals surface area contributed by atoms with Crippen LogP contribution in [0.25, 0.3) is 0 Å². The number of hydrogen-bond acceptors (Lipinski definition) is 4. The van der Waals surface area contributed by atoms with Crippen molar-refractivity contribution in [2.45, 2.75) is 33.9 Å². The lowest BCUT2D eigenvalue weighted by molar-refractivity contribution is 0.0964. The molecule has 1 aromatic carbocycles. The molecule has 1 unspecified atom stereocenters. The Morgan fingerprint density at radius 1 is 1.11 bits per heavy atom. The third kappa shape index (κ3) is 3.69. The van der Waals surface area contributed by atoms with Crippen LogP contribution in [-0.4, -0.2) is 28.6 Å². The Kier molecular flexibility index (Phi) is 5.35. The van der Waals surface area contributed by atoms with Gasteiger partial charge < -0.3 is 16.0 Å². The number of nitrogens with one attached hydrogen (secondary N) is 3. The number of carbonyl (C=O) groups is 2. The molecule has 0 aliphatic carbocycles. The monoisotopic (exact) mass is 379 g/mol. The van der Waals surface area contributed by atoms with E-state index in [1.54, 1.807) is 23.9 Å². The van der Waals surface area contributed by atoms with Gasteiger partial charge >= 0.3 is 0 Å². The second-order valence-electron chi connectivity index (χ2n) is 6.99. The molecule has 0 saturated carbocycles. The largest absolute Gasteiger partial charge is 0.366 e. The van der Waals surface area contributed by atoms with Gasteiger partial charge in [-0.05, 0) is 68.8 Å². The number of benzene rings is 1. The maximum absolute atomic E-state index is 13.1. The van der Waals surface area contributed by atoms with Crippen LogP contribution in [0.15, 0.2) is 42.1 Å². The molecule has 2 heterocycles. The van der Waals surface area contributed by atoms with Crippen LogP contribution in [0.3, 0.4) is 0 Å². The molecule has 2 amide bonds. The smallest absolute Gasteiger partial charge is 0.274 e. The Morgan fingerprint density at radius 2 is 1.86 bits per heavy atom. The molecule has 146 valence electrons. The molecular weight excluding hydrogens is 354 g/mol. The Balaban J connectivity index is 1.99. The number of aromatic nitrogens is 2. The lowest BCUT2D eigenvalue weighted by Crippen LogP contribution is -2.30. The highest BCUT2D eigenvalue weighted by atomic mass is 16.2. The number of rotatable bonds is 4. The molecule has 28 heavy (non-hydrogen) atoms. The van der Waals surface area contributed by atoms with Crippen molar-refractivity contribution in [2.24, 2.45) is 0 Å². The van der Waals surface area contributed by atoms with Crippen LogP contribution in [0.5, 0.6) is 0 Å². The van der Waals surface area contributed by atoms with Gasteiger partial charge in [-0.15, -0.1) is 0 Å². The van der Waals surface area contributed by atoms with Gasteiger partial charge in [-0.1, -0.05) is 12.1 Å². The minimum Gasteiger partial charge on any atom is -0.366 e. The number of carbonyl (C=O) groups excluding carboxylic acids is 2. The molecule has 1 atom stereocenters. The fourth-order valence-electron chi connectivity index (χ4n) is 3.34. The lowest BCUT2D eigenvalue weighted by atomic mass is 10.0. The molecule has 0 spiro atoms. The summed E-state index contributed by atoms with van der Waals surface area (Å²) in [5, 5.41) is 13.3. The summed E-state index contributed by atoms with van der Waals surface area (Å²) in [6, 6.07) is 5.45. The van der Waals surface area contributed by atoms with Crippen LogP contribution < -0.4 is 16.0 Å². The Morgan fingerprint density at radius 3 is 2.54 bits per heavy atom. The van der Waals surface area contributed by atoms with E-state index in [0.717, 1.165) is 22.4 Å². The van der Waals surface area contributed by atoms with Crippen molar-refractivity contribution >= 4 is 17.5 Å². The first-order chi connectivity index (χ1) is 13.3. The normalized spacial score (nSPS) is 15.6. The van der Waals surface area contributed by atoms with E-state index in [2.05, 4.69) is 21.0 Å². The SMILES string of the molecule is CNC(=O)c1cc(C)cc(C)c1NC(=O)c1cc(C)nn1C1NC=CC=C1C. The van der Waals surface area contributed by atoms with E-state index in [1.165, 1.54) is 0 Å². The first-order valence-corrected chi connectivity index (χ1v) is 9.12. The van der Waals surface area contributed by atoms with Crippen molar-refractivity contribution in [3.63, 3.8) is 0 Å². The molecule has 0 fully saturated rings. The summed E-state index contributed by atoms with van der Waals surface area (Å²) < 4.78 is 1.67.